The fourth-order valence-corrected chi connectivity index (χ4v) is 6.33. The summed E-state index contributed by atoms with van der Waals surface area (Å²) >= 11 is 0. The molecule has 32 heavy (non-hydrogen) atoms. The van der Waals surface area contributed by atoms with E-state index in [9.17, 15) is 13.2 Å². The molecule has 8 nitrogen and oxygen atoms in total. The average Bonchev–Trinajstić information content (AvgIpc) is 3.65. The Bertz CT molecular complexity index is 1140. The zero-order chi connectivity index (χ0) is 22.5. The van der Waals surface area contributed by atoms with Crippen LogP contribution in [0.25, 0.3) is 0 Å². The van der Waals surface area contributed by atoms with Crippen molar-refractivity contribution in [2.45, 2.75) is 55.9 Å². The van der Waals surface area contributed by atoms with Crippen LogP contribution < -0.4 is 19.8 Å². The van der Waals surface area contributed by atoms with Crippen LogP contribution in [-0.4, -0.2) is 50.7 Å². The van der Waals surface area contributed by atoms with Crippen molar-refractivity contribution in [2.75, 3.05) is 29.2 Å². The van der Waals surface area contributed by atoms with Crippen LogP contribution in [0.4, 0.5) is 22.9 Å². The normalized spacial score (nSPS) is 23.4. The van der Waals surface area contributed by atoms with Crippen molar-refractivity contribution < 1.29 is 13.2 Å². The van der Waals surface area contributed by atoms with Crippen molar-refractivity contribution in [3.63, 3.8) is 0 Å². The standard InChI is InChI=1S/C23H29N5O3S/c1-27-19-6-4-3-5-18(19)23(29)28(2)21-14-24-22(13-20(21)27)25-15-7-9-16(10-8-15)26-32(30,31)17-11-12-17/h3-6,13-17,26H,7-12H2,1-2H3,(H,24,25). The molecule has 1 aromatic carbocycles. The lowest BCUT2D eigenvalue weighted by Crippen LogP contribution is -2.41. The number of rotatable bonds is 5. The summed E-state index contributed by atoms with van der Waals surface area (Å²) in [4.78, 5) is 21.2. The molecule has 2 aromatic rings. The number of fused-ring (bicyclic) bond motifs is 2. The maximum atomic E-state index is 12.9. The molecule has 2 heterocycles. The van der Waals surface area contributed by atoms with Gasteiger partial charge in [-0.2, -0.15) is 0 Å². The lowest BCUT2D eigenvalue weighted by atomic mass is 9.92. The smallest absolute Gasteiger partial charge is 0.260 e. The van der Waals surface area contributed by atoms with Gasteiger partial charge in [0.05, 0.1) is 34.1 Å². The van der Waals surface area contributed by atoms with E-state index in [2.05, 4.69) is 15.0 Å². The second-order valence-corrected chi connectivity index (χ2v) is 11.0. The number of aromatic nitrogens is 1. The zero-order valence-corrected chi connectivity index (χ0v) is 19.2. The van der Waals surface area contributed by atoms with Crippen molar-refractivity contribution in [2.24, 2.45) is 0 Å². The molecule has 1 amide bonds. The minimum Gasteiger partial charge on any atom is -0.367 e. The van der Waals surface area contributed by atoms with Crippen molar-refractivity contribution in [1.29, 1.82) is 0 Å². The number of amides is 1. The third-order valence-electron chi connectivity index (χ3n) is 6.76. The van der Waals surface area contributed by atoms with Gasteiger partial charge in [-0.25, -0.2) is 18.1 Å². The minimum absolute atomic E-state index is 0.0287. The molecule has 5 rings (SSSR count). The summed E-state index contributed by atoms with van der Waals surface area (Å²) in [5.74, 6) is 0.707. The van der Waals surface area contributed by atoms with Gasteiger partial charge in [-0.3, -0.25) is 4.79 Å². The van der Waals surface area contributed by atoms with Crippen LogP contribution in [0.2, 0.25) is 0 Å². The molecule has 0 unspecified atom stereocenters. The van der Waals surface area contributed by atoms with Gasteiger partial charge in [0.25, 0.3) is 5.91 Å². The van der Waals surface area contributed by atoms with Gasteiger partial charge in [0, 0.05) is 32.2 Å². The molecule has 0 atom stereocenters. The predicted molar refractivity (Wildman–Crippen MR) is 126 cm³/mol. The Hall–Kier alpha value is -2.65. The molecule has 1 aromatic heterocycles. The highest BCUT2D eigenvalue weighted by Gasteiger charge is 2.37. The van der Waals surface area contributed by atoms with E-state index in [4.69, 9.17) is 0 Å². The van der Waals surface area contributed by atoms with Crippen LogP contribution >= 0.6 is 0 Å². The SMILES string of the molecule is CN1C(=O)c2ccccc2N(C)c2cc(NC3CCC(NS(=O)(=O)C4CC4)CC3)ncc21. The van der Waals surface area contributed by atoms with Gasteiger partial charge in [0.2, 0.25) is 10.0 Å². The lowest BCUT2D eigenvalue weighted by Gasteiger charge is -2.30. The first kappa shape index (κ1) is 21.2. The van der Waals surface area contributed by atoms with E-state index in [1.807, 2.05) is 42.3 Å². The van der Waals surface area contributed by atoms with E-state index >= 15 is 0 Å². The monoisotopic (exact) mass is 455 g/mol. The molecular weight excluding hydrogens is 426 g/mol. The topological polar surface area (TPSA) is 94.6 Å². The fraction of sp³-hybridized carbons (Fsp3) is 0.478. The summed E-state index contributed by atoms with van der Waals surface area (Å²) < 4.78 is 27.3. The number of sulfonamides is 1. The van der Waals surface area contributed by atoms with E-state index in [-0.39, 0.29) is 23.2 Å². The first-order chi connectivity index (χ1) is 15.3. The highest BCUT2D eigenvalue weighted by Crippen LogP contribution is 2.40. The Morgan fingerprint density at radius 1 is 0.906 bits per heavy atom. The Morgan fingerprint density at radius 3 is 2.31 bits per heavy atom. The van der Waals surface area contributed by atoms with E-state index in [1.165, 1.54) is 0 Å². The summed E-state index contributed by atoms with van der Waals surface area (Å²) in [5, 5.41) is 3.35. The van der Waals surface area contributed by atoms with Gasteiger partial charge in [-0.1, -0.05) is 12.1 Å². The summed E-state index contributed by atoms with van der Waals surface area (Å²) in [6.45, 7) is 0. The van der Waals surface area contributed by atoms with Crippen LogP contribution in [0, 0.1) is 0 Å². The summed E-state index contributed by atoms with van der Waals surface area (Å²) in [5.41, 5.74) is 3.20. The largest absolute Gasteiger partial charge is 0.367 e. The minimum atomic E-state index is -3.14. The molecule has 0 spiro atoms. The number of anilines is 4. The molecule has 2 fully saturated rings. The predicted octanol–water partition coefficient (Wildman–Crippen LogP) is 3.24. The number of pyridine rings is 1. The number of nitrogens with one attached hydrogen (secondary N) is 2. The Labute approximate surface area is 189 Å². The lowest BCUT2D eigenvalue weighted by molar-refractivity contribution is 0.0994. The number of hydrogen-bond donors (Lipinski definition) is 2. The first-order valence-corrected chi connectivity index (χ1v) is 12.8. The second kappa shape index (κ2) is 8.04. The summed E-state index contributed by atoms with van der Waals surface area (Å²) in [6, 6.07) is 9.87. The molecule has 9 heteroatoms. The van der Waals surface area contributed by atoms with Gasteiger partial charge in [-0.05, 0) is 50.7 Å². The van der Waals surface area contributed by atoms with E-state index in [0.29, 0.717) is 5.56 Å². The van der Waals surface area contributed by atoms with Gasteiger partial charge in [-0.15, -0.1) is 0 Å². The average molecular weight is 456 g/mol. The van der Waals surface area contributed by atoms with Crippen molar-refractivity contribution in [1.82, 2.24) is 9.71 Å². The molecule has 1 aliphatic heterocycles. The highest BCUT2D eigenvalue weighted by molar-refractivity contribution is 7.90. The molecule has 0 radical (unpaired) electrons. The fourth-order valence-electron chi connectivity index (χ4n) is 4.68. The maximum Gasteiger partial charge on any atom is 0.260 e. The number of para-hydroxylation sites is 1. The number of nitrogens with zero attached hydrogens (tertiary/aromatic N) is 3. The van der Waals surface area contributed by atoms with Gasteiger partial charge in [0.1, 0.15) is 5.82 Å². The molecule has 0 bridgehead atoms. The van der Waals surface area contributed by atoms with Crippen LogP contribution in [0.1, 0.15) is 48.9 Å². The number of carbonyl (C=O) groups excluding carboxylic acids is 1. The second-order valence-electron chi connectivity index (χ2n) is 9.05. The van der Waals surface area contributed by atoms with Crippen molar-refractivity contribution >= 4 is 38.8 Å². The van der Waals surface area contributed by atoms with E-state index in [0.717, 1.165) is 61.4 Å². The molecule has 170 valence electrons. The first-order valence-electron chi connectivity index (χ1n) is 11.2. The van der Waals surface area contributed by atoms with Crippen LogP contribution in [0.5, 0.6) is 0 Å². The molecule has 2 aliphatic carbocycles. The number of carbonyl (C=O) groups is 1. The van der Waals surface area contributed by atoms with Gasteiger partial charge >= 0.3 is 0 Å². The van der Waals surface area contributed by atoms with Crippen LogP contribution in [-0.2, 0) is 10.0 Å². The van der Waals surface area contributed by atoms with Crippen molar-refractivity contribution in [3.05, 3.63) is 42.1 Å². The number of benzene rings is 1. The molecule has 3 aliphatic rings. The summed E-state index contributed by atoms with van der Waals surface area (Å²) in [6.07, 6.45) is 6.72. The van der Waals surface area contributed by atoms with E-state index < -0.39 is 10.0 Å². The molecule has 0 saturated heterocycles. The van der Waals surface area contributed by atoms with E-state index in [1.54, 1.807) is 18.1 Å². The van der Waals surface area contributed by atoms with Gasteiger partial charge in [0.15, 0.2) is 0 Å². The maximum absolute atomic E-state index is 12.9. The Balaban J connectivity index is 1.30. The van der Waals surface area contributed by atoms with Gasteiger partial charge < -0.3 is 15.1 Å². The van der Waals surface area contributed by atoms with Crippen LogP contribution in [0.15, 0.2) is 36.5 Å². The molecule has 2 N–H and O–H groups in total. The molecule has 2 saturated carbocycles. The third-order valence-corrected chi connectivity index (χ3v) is 8.77. The third kappa shape index (κ3) is 3.95. The Morgan fingerprint density at radius 2 is 1.59 bits per heavy atom. The van der Waals surface area contributed by atoms with Crippen LogP contribution in [0.3, 0.4) is 0 Å². The summed E-state index contributed by atoms with van der Waals surface area (Å²) in [7, 11) is 0.599. The highest BCUT2D eigenvalue weighted by atomic mass is 32.2. The Kier molecular flexibility index (Phi) is 5.33. The molecular formula is C23H29N5O3S. The number of hydrogen-bond acceptors (Lipinski definition) is 6. The quantitative estimate of drug-likeness (QED) is 0.719. The zero-order valence-electron chi connectivity index (χ0n) is 18.4. The van der Waals surface area contributed by atoms with Crippen molar-refractivity contribution in [3.8, 4) is 0 Å².